The molecule has 4 atom stereocenters. The normalized spacial score (nSPS) is 25.5. The molecule has 1 aliphatic heterocycles. The third-order valence-electron chi connectivity index (χ3n) is 7.12. The number of anilines is 1. The molecule has 3 aromatic rings. The van der Waals surface area contributed by atoms with Gasteiger partial charge in [-0.3, -0.25) is 9.59 Å². The van der Waals surface area contributed by atoms with E-state index in [0.717, 1.165) is 41.6 Å². The van der Waals surface area contributed by atoms with Gasteiger partial charge >= 0.3 is 0 Å². The number of para-hydroxylation sites is 1. The van der Waals surface area contributed by atoms with Crippen LogP contribution >= 0.6 is 0 Å². The monoisotopic (exact) mass is 409 g/mol. The maximum Gasteiger partial charge on any atom is 0.238 e. The number of carbonyl (C=O) groups excluding carboxylic acids is 2. The average Bonchev–Trinajstić information content (AvgIpc) is 3.10. The molecule has 0 radical (unpaired) electrons. The molecule has 3 nitrogen and oxygen atoms in total. The first-order valence-electron chi connectivity index (χ1n) is 11.3. The molecule has 2 amide bonds. The Balaban J connectivity index is 1.62. The second-order valence-corrected chi connectivity index (χ2v) is 8.66. The van der Waals surface area contributed by atoms with Crippen LogP contribution in [0.2, 0.25) is 0 Å². The van der Waals surface area contributed by atoms with Crippen molar-refractivity contribution in [2.45, 2.75) is 38.0 Å². The third-order valence-corrected chi connectivity index (χ3v) is 7.12. The van der Waals surface area contributed by atoms with Crippen LogP contribution in [-0.4, -0.2) is 11.8 Å². The second-order valence-electron chi connectivity index (χ2n) is 8.66. The van der Waals surface area contributed by atoms with Gasteiger partial charge in [0.25, 0.3) is 0 Å². The molecule has 3 heteroatoms. The molecule has 0 bridgehead atoms. The number of carbonyl (C=O) groups is 2. The van der Waals surface area contributed by atoms with Gasteiger partial charge in [0.2, 0.25) is 11.8 Å². The topological polar surface area (TPSA) is 37.4 Å². The Hall–Kier alpha value is -3.20. The summed E-state index contributed by atoms with van der Waals surface area (Å²) in [6.45, 7) is 2.07. The van der Waals surface area contributed by atoms with E-state index in [2.05, 4.69) is 31.2 Å². The van der Waals surface area contributed by atoms with E-state index in [1.165, 1.54) is 4.90 Å². The molecule has 0 aromatic heterocycles. The predicted molar refractivity (Wildman–Crippen MR) is 123 cm³/mol. The van der Waals surface area contributed by atoms with E-state index in [1.807, 2.05) is 60.7 Å². The first-order valence-corrected chi connectivity index (χ1v) is 11.3. The Labute approximate surface area is 183 Å². The van der Waals surface area contributed by atoms with Crippen LogP contribution in [0.15, 0.2) is 84.9 Å². The SMILES string of the molecule is CCc1ccccc1N1C(=O)[C@@H]2[C@H](C1=O)[C@H](c1ccccc1)CC[C@H]2c1ccccc1. The summed E-state index contributed by atoms with van der Waals surface area (Å²) in [6.07, 6.45) is 2.60. The number of nitrogens with zero attached hydrogens (tertiary/aromatic N) is 1. The molecule has 3 aromatic carbocycles. The van der Waals surface area contributed by atoms with Gasteiger partial charge in [0.1, 0.15) is 0 Å². The molecule has 5 rings (SSSR count). The van der Waals surface area contributed by atoms with Gasteiger partial charge in [-0.2, -0.15) is 0 Å². The quantitative estimate of drug-likeness (QED) is 0.517. The van der Waals surface area contributed by atoms with E-state index in [-0.39, 0.29) is 35.5 Å². The van der Waals surface area contributed by atoms with Crippen LogP contribution in [0, 0.1) is 11.8 Å². The fourth-order valence-corrected chi connectivity index (χ4v) is 5.69. The molecule has 2 aliphatic rings. The van der Waals surface area contributed by atoms with Crippen LogP contribution < -0.4 is 4.90 Å². The number of amides is 2. The number of fused-ring (bicyclic) bond motifs is 1. The molecule has 1 aliphatic carbocycles. The molecule has 0 N–H and O–H groups in total. The molecule has 1 heterocycles. The van der Waals surface area contributed by atoms with Gasteiger partial charge in [0.05, 0.1) is 17.5 Å². The minimum Gasteiger partial charge on any atom is -0.274 e. The largest absolute Gasteiger partial charge is 0.274 e. The lowest BCUT2D eigenvalue weighted by molar-refractivity contribution is -0.122. The molecular weight excluding hydrogens is 382 g/mol. The number of imide groups is 1. The van der Waals surface area contributed by atoms with E-state index in [4.69, 9.17) is 0 Å². The smallest absolute Gasteiger partial charge is 0.238 e. The number of aryl methyl sites for hydroxylation is 1. The summed E-state index contributed by atoms with van der Waals surface area (Å²) in [5.74, 6) is -0.573. The Bertz CT molecular complexity index is 1030. The first kappa shape index (κ1) is 19.7. The van der Waals surface area contributed by atoms with Gasteiger partial charge < -0.3 is 0 Å². The lowest BCUT2D eigenvalue weighted by Crippen LogP contribution is -2.34. The van der Waals surface area contributed by atoms with Gasteiger partial charge in [0, 0.05) is 0 Å². The van der Waals surface area contributed by atoms with Gasteiger partial charge in [-0.1, -0.05) is 85.8 Å². The van der Waals surface area contributed by atoms with Crippen molar-refractivity contribution >= 4 is 17.5 Å². The summed E-state index contributed by atoms with van der Waals surface area (Å²) in [5, 5.41) is 0. The highest BCUT2D eigenvalue weighted by Gasteiger charge is 2.57. The Morgan fingerprint density at radius 3 is 1.61 bits per heavy atom. The van der Waals surface area contributed by atoms with Crippen LogP contribution in [0.5, 0.6) is 0 Å². The van der Waals surface area contributed by atoms with Crippen molar-refractivity contribution in [1.29, 1.82) is 0 Å². The first-order chi connectivity index (χ1) is 15.2. The van der Waals surface area contributed by atoms with Gasteiger partial charge in [-0.05, 0) is 53.9 Å². The molecule has 0 unspecified atom stereocenters. The van der Waals surface area contributed by atoms with Crippen molar-refractivity contribution in [2.75, 3.05) is 4.90 Å². The highest BCUT2D eigenvalue weighted by atomic mass is 16.2. The number of hydrogen-bond acceptors (Lipinski definition) is 2. The minimum atomic E-state index is -0.321. The predicted octanol–water partition coefficient (Wildman–Crippen LogP) is 5.72. The van der Waals surface area contributed by atoms with Crippen molar-refractivity contribution in [2.24, 2.45) is 11.8 Å². The summed E-state index contributed by atoms with van der Waals surface area (Å²) in [6, 6.07) is 28.3. The van der Waals surface area contributed by atoms with Crippen LogP contribution in [-0.2, 0) is 16.0 Å². The molecular formula is C28H27NO2. The van der Waals surface area contributed by atoms with Crippen molar-refractivity contribution < 1.29 is 9.59 Å². The highest BCUT2D eigenvalue weighted by molar-refractivity contribution is 6.23. The zero-order chi connectivity index (χ0) is 21.4. The van der Waals surface area contributed by atoms with E-state index < -0.39 is 0 Å². The van der Waals surface area contributed by atoms with Crippen molar-refractivity contribution in [1.82, 2.24) is 0 Å². The van der Waals surface area contributed by atoms with Crippen LogP contribution in [0.4, 0.5) is 5.69 Å². The maximum absolute atomic E-state index is 13.9. The number of benzene rings is 3. The Kier molecular flexibility index (Phi) is 5.19. The minimum absolute atomic E-state index is 0.0367. The summed E-state index contributed by atoms with van der Waals surface area (Å²) in [4.78, 5) is 29.3. The molecule has 0 spiro atoms. The van der Waals surface area contributed by atoms with E-state index >= 15 is 0 Å². The summed E-state index contributed by atoms with van der Waals surface area (Å²) in [7, 11) is 0. The van der Waals surface area contributed by atoms with Crippen molar-refractivity contribution in [3.63, 3.8) is 0 Å². The fraction of sp³-hybridized carbons (Fsp3) is 0.286. The van der Waals surface area contributed by atoms with Crippen LogP contribution in [0.25, 0.3) is 0 Å². The number of rotatable bonds is 4. The van der Waals surface area contributed by atoms with Crippen LogP contribution in [0.1, 0.15) is 48.3 Å². The zero-order valence-corrected chi connectivity index (χ0v) is 17.8. The Morgan fingerprint density at radius 2 is 1.13 bits per heavy atom. The molecule has 1 saturated carbocycles. The lowest BCUT2D eigenvalue weighted by atomic mass is 9.64. The average molecular weight is 410 g/mol. The summed E-state index contributed by atoms with van der Waals surface area (Å²) >= 11 is 0. The molecule has 156 valence electrons. The van der Waals surface area contributed by atoms with E-state index in [9.17, 15) is 9.59 Å². The van der Waals surface area contributed by atoms with E-state index in [1.54, 1.807) is 0 Å². The van der Waals surface area contributed by atoms with Crippen molar-refractivity contribution in [3.8, 4) is 0 Å². The van der Waals surface area contributed by atoms with E-state index in [0.29, 0.717) is 0 Å². The van der Waals surface area contributed by atoms with Gasteiger partial charge in [-0.25, -0.2) is 4.90 Å². The van der Waals surface area contributed by atoms with Gasteiger partial charge in [-0.15, -0.1) is 0 Å². The maximum atomic E-state index is 13.9. The van der Waals surface area contributed by atoms with Crippen LogP contribution in [0.3, 0.4) is 0 Å². The van der Waals surface area contributed by atoms with Crippen molar-refractivity contribution in [3.05, 3.63) is 102 Å². The summed E-state index contributed by atoms with van der Waals surface area (Å²) < 4.78 is 0. The summed E-state index contributed by atoms with van der Waals surface area (Å²) in [5.41, 5.74) is 4.12. The Morgan fingerprint density at radius 1 is 0.677 bits per heavy atom. The molecule has 31 heavy (non-hydrogen) atoms. The second kappa shape index (κ2) is 8.14. The lowest BCUT2D eigenvalue weighted by Gasteiger charge is -2.37. The standard InChI is InChI=1S/C28H27NO2/c1-2-19-11-9-10-16-24(19)29-27(30)25-22(20-12-5-3-6-13-20)17-18-23(26(25)28(29)31)21-14-7-4-8-15-21/h3-16,22-23,25-26H,2,17-18H2,1H3/t22-,23-,25-,26+/m0/s1. The number of hydrogen-bond donors (Lipinski definition) is 0. The molecule has 2 fully saturated rings. The third kappa shape index (κ3) is 3.29. The zero-order valence-electron chi connectivity index (χ0n) is 17.8. The highest BCUT2D eigenvalue weighted by Crippen LogP contribution is 2.53. The molecule has 1 saturated heterocycles. The van der Waals surface area contributed by atoms with Gasteiger partial charge in [0.15, 0.2) is 0 Å². The fourth-order valence-electron chi connectivity index (χ4n) is 5.69.